The third kappa shape index (κ3) is 4.86. The zero-order valence-electron chi connectivity index (χ0n) is 14.6. The van der Waals surface area contributed by atoms with Crippen LogP contribution in [0.5, 0.6) is 0 Å². The second-order valence-electron chi connectivity index (χ2n) is 5.93. The average Bonchev–Trinajstić information content (AvgIpc) is 2.79. The summed E-state index contributed by atoms with van der Waals surface area (Å²) in [6.45, 7) is 1.96. The molecule has 0 spiro atoms. The van der Waals surface area contributed by atoms with E-state index in [1.54, 1.807) is 6.92 Å². The molecular weight excluding hydrogens is 378 g/mol. The highest BCUT2D eigenvalue weighted by atomic mass is 35.5. The van der Waals surface area contributed by atoms with Gasteiger partial charge in [0.1, 0.15) is 11.6 Å². The Hall–Kier alpha value is -1.86. The highest BCUT2D eigenvalue weighted by Gasteiger charge is 2.41. The lowest BCUT2D eigenvalue weighted by Crippen LogP contribution is -2.32. The lowest BCUT2D eigenvalue weighted by Gasteiger charge is -2.15. The molecule has 1 aliphatic rings. The molecule has 0 bridgehead atoms. The predicted octanol–water partition coefficient (Wildman–Crippen LogP) is 3.32. The average molecular weight is 400 g/mol. The smallest absolute Gasteiger partial charge is 0.306 e. The first-order chi connectivity index (χ1) is 12.4. The molecule has 6 nitrogen and oxygen atoms in total. The van der Waals surface area contributed by atoms with Crippen molar-refractivity contribution in [2.24, 2.45) is 0 Å². The van der Waals surface area contributed by atoms with Crippen LogP contribution in [0.2, 0.25) is 0 Å². The standard InChI is InChI=1S/C18H22ClNO5S/c1-2-15-17(19)18(22)20(26(15,23)24)12-8-4-7-11-16(21)25-13-14-9-5-3-6-10-14/h3,5-6,9-10H,2,4,7-8,11-13H2,1H3. The summed E-state index contributed by atoms with van der Waals surface area (Å²) in [4.78, 5) is 23.7. The quantitative estimate of drug-likeness (QED) is 0.470. The van der Waals surface area contributed by atoms with Crippen LogP contribution in [0.1, 0.15) is 44.6 Å². The molecule has 0 radical (unpaired) electrons. The fourth-order valence-electron chi connectivity index (χ4n) is 2.66. The van der Waals surface area contributed by atoms with Crippen LogP contribution in [0.15, 0.2) is 40.3 Å². The number of esters is 1. The summed E-state index contributed by atoms with van der Waals surface area (Å²) in [6.07, 6.45) is 2.10. The van der Waals surface area contributed by atoms with Crippen molar-refractivity contribution in [3.63, 3.8) is 0 Å². The van der Waals surface area contributed by atoms with Crippen LogP contribution in [0.25, 0.3) is 0 Å². The second-order valence-corrected chi connectivity index (χ2v) is 8.19. The van der Waals surface area contributed by atoms with Crippen LogP contribution in [-0.2, 0) is 31.0 Å². The molecule has 1 heterocycles. The molecule has 2 rings (SSSR count). The maximum Gasteiger partial charge on any atom is 0.306 e. The number of benzene rings is 1. The van der Waals surface area contributed by atoms with Crippen molar-refractivity contribution in [3.8, 4) is 0 Å². The van der Waals surface area contributed by atoms with E-state index in [0.29, 0.717) is 19.3 Å². The Morgan fingerprint density at radius 1 is 1.15 bits per heavy atom. The largest absolute Gasteiger partial charge is 0.461 e. The number of halogens is 1. The normalized spacial score (nSPS) is 16.2. The van der Waals surface area contributed by atoms with E-state index in [1.807, 2.05) is 30.3 Å². The van der Waals surface area contributed by atoms with Crippen molar-refractivity contribution >= 4 is 33.5 Å². The molecule has 1 aliphatic heterocycles. The van der Waals surface area contributed by atoms with Crippen LogP contribution in [-0.4, -0.2) is 31.1 Å². The number of rotatable bonds is 9. The van der Waals surface area contributed by atoms with Crippen LogP contribution >= 0.6 is 11.6 Å². The number of sulfonamides is 1. The van der Waals surface area contributed by atoms with E-state index in [9.17, 15) is 18.0 Å². The molecule has 1 amide bonds. The van der Waals surface area contributed by atoms with Gasteiger partial charge in [-0.1, -0.05) is 55.3 Å². The van der Waals surface area contributed by atoms with Gasteiger partial charge in [-0.15, -0.1) is 0 Å². The third-order valence-electron chi connectivity index (χ3n) is 4.07. The van der Waals surface area contributed by atoms with E-state index in [4.69, 9.17) is 16.3 Å². The minimum atomic E-state index is -3.78. The summed E-state index contributed by atoms with van der Waals surface area (Å²) in [6, 6.07) is 9.40. The molecule has 1 aromatic carbocycles. The fraction of sp³-hybridized carbons (Fsp3) is 0.444. The number of amides is 1. The van der Waals surface area contributed by atoms with Gasteiger partial charge < -0.3 is 4.74 Å². The Labute approximate surface area is 158 Å². The van der Waals surface area contributed by atoms with Crippen LogP contribution in [0.3, 0.4) is 0 Å². The van der Waals surface area contributed by atoms with E-state index in [1.165, 1.54) is 0 Å². The highest BCUT2D eigenvalue weighted by Crippen LogP contribution is 2.32. The van der Waals surface area contributed by atoms with Gasteiger partial charge in [-0.05, 0) is 24.8 Å². The topological polar surface area (TPSA) is 80.8 Å². The number of carbonyl (C=O) groups excluding carboxylic acids is 2. The van der Waals surface area contributed by atoms with Gasteiger partial charge in [-0.2, -0.15) is 0 Å². The number of ether oxygens (including phenoxy) is 1. The summed E-state index contributed by atoms with van der Waals surface area (Å²) in [5, 5.41) is -0.211. The Balaban J connectivity index is 1.68. The predicted molar refractivity (Wildman–Crippen MR) is 98.5 cm³/mol. The third-order valence-corrected chi connectivity index (χ3v) is 6.61. The molecule has 1 aromatic rings. The molecule has 0 atom stereocenters. The molecule has 26 heavy (non-hydrogen) atoms. The summed E-state index contributed by atoms with van der Waals surface area (Å²) >= 11 is 5.82. The van der Waals surface area contributed by atoms with Gasteiger partial charge in [0.2, 0.25) is 0 Å². The second kappa shape index (κ2) is 9.19. The molecule has 0 unspecified atom stereocenters. The van der Waals surface area contributed by atoms with E-state index >= 15 is 0 Å². The van der Waals surface area contributed by atoms with Crippen LogP contribution in [0.4, 0.5) is 0 Å². The Kier molecular flexibility index (Phi) is 7.23. The first-order valence-corrected chi connectivity index (χ1v) is 10.3. The monoisotopic (exact) mass is 399 g/mol. The van der Waals surface area contributed by atoms with Crippen molar-refractivity contribution in [3.05, 3.63) is 45.8 Å². The van der Waals surface area contributed by atoms with Crippen LogP contribution in [0, 0.1) is 0 Å². The van der Waals surface area contributed by atoms with Crippen molar-refractivity contribution in [2.45, 2.75) is 45.6 Å². The van der Waals surface area contributed by atoms with Gasteiger partial charge in [-0.25, -0.2) is 12.7 Å². The Morgan fingerprint density at radius 2 is 1.85 bits per heavy atom. The van der Waals surface area contributed by atoms with E-state index < -0.39 is 15.9 Å². The lowest BCUT2D eigenvalue weighted by molar-refractivity contribution is -0.145. The van der Waals surface area contributed by atoms with Gasteiger partial charge in [0.15, 0.2) is 0 Å². The molecule has 0 aliphatic carbocycles. The fourth-order valence-corrected chi connectivity index (χ4v) is 4.86. The Bertz CT molecular complexity index is 789. The van der Waals surface area contributed by atoms with Gasteiger partial charge >= 0.3 is 5.97 Å². The van der Waals surface area contributed by atoms with Crippen molar-refractivity contribution in [2.75, 3.05) is 6.54 Å². The molecule has 142 valence electrons. The van der Waals surface area contributed by atoms with E-state index in [-0.39, 0.29) is 41.9 Å². The number of carbonyl (C=O) groups is 2. The van der Waals surface area contributed by atoms with Gasteiger partial charge in [0.25, 0.3) is 15.9 Å². The minimum absolute atomic E-state index is 0.0198. The summed E-state index contributed by atoms with van der Waals surface area (Å²) in [5.41, 5.74) is 0.926. The zero-order valence-corrected chi connectivity index (χ0v) is 16.2. The molecular formula is C18H22ClNO5S. The summed E-state index contributed by atoms with van der Waals surface area (Å²) < 4.78 is 30.4. The van der Waals surface area contributed by atoms with Gasteiger partial charge in [0.05, 0.1) is 4.91 Å². The first kappa shape index (κ1) is 20.5. The molecule has 0 N–H and O–H groups in total. The van der Waals surface area contributed by atoms with Crippen molar-refractivity contribution < 1.29 is 22.7 Å². The number of hydrogen-bond donors (Lipinski definition) is 0. The highest BCUT2D eigenvalue weighted by molar-refractivity contribution is 7.94. The number of hydrogen-bond acceptors (Lipinski definition) is 5. The molecule has 0 saturated heterocycles. The zero-order chi connectivity index (χ0) is 19.2. The molecule has 0 saturated carbocycles. The van der Waals surface area contributed by atoms with E-state index in [2.05, 4.69) is 0 Å². The number of unbranched alkanes of at least 4 members (excludes halogenated alkanes) is 2. The summed E-state index contributed by atoms with van der Waals surface area (Å²) in [5.74, 6) is -0.956. The molecule has 0 fully saturated rings. The van der Waals surface area contributed by atoms with Crippen molar-refractivity contribution in [1.82, 2.24) is 4.31 Å². The SMILES string of the molecule is CCC1=C(Cl)C(=O)N(CCCCCC(=O)OCc2ccccc2)S1(=O)=O. The van der Waals surface area contributed by atoms with Crippen LogP contribution < -0.4 is 0 Å². The summed E-state index contributed by atoms with van der Waals surface area (Å²) in [7, 11) is -3.78. The van der Waals surface area contributed by atoms with Gasteiger partial charge in [-0.3, -0.25) is 9.59 Å². The van der Waals surface area contributed by atoms with Crippen molar-refractivity contribution in [1.29, 1.82) is 0 Å². The maximum absolute atomic E-state index is 12.2. The minimum Gasteiger partial charge on any atom is -0.461 e. The maximum atomic E-state index is 12.2. The first-order valence-electron chi connectivity index (χ1n) is 8.53. The molecule has 0 aromatic heterocycles. The van der Waals surface area contributed by atoms with Gasteiger partial charge in [0, 0.05) is 13.0 Å². The number of allylic oxidation sites excluding steroid dienone is 1. The van der Waals surface area contributed by atoms with E-state index in [0.717, 1.165) is 9.87 Å². The lowest BCUT2D eigenvalue weighted by atomic mass is 10.2. The molecule has 8 heteroatoms. The number of nitrogens with zero attached hydrogens (tertiary/aromatic N) is 1. The Morgan fingerprint density at radius 3 is 2.46 bits per heavy atom.